The lowest BCUT2D eigenvalue weighted by Gasteiger charge is -2.08. The summed E-state index contributed by atoms with van der Waals surface area (Å²) in [6, 6.07) is 17.6. The Hall–Kier alpha value is -3.44. The lowest BCUT2D eigenvalue weighted by molar-refractivity contribution is -0.384. The Labute approximate surface area is 223 Å². The number of thioether (sulfide) groups is 1. The molecule has 182 valence electrons. The monoisotopic (exact) mass is 558 g/mol. The van der Waals surface area contributed by atoms with Crippen LogP contribution in [0.15, 0.2) is 77.0 Å². The first-order chi connectivity index (χ1) is 17.3. The fourth-order valence-corrected chi connectivity index (χ4v) is 5.07. The second-order valence-corrected chi connectivity index (χ2v) is 10.0. The standard InChI is InChI=1S/C24H16Cl2N4O4S2/c25-15-7-8-19(20(26)10-15)21-12-36-24(28-21)29-22(31)13-35-18-6-2-4-16(11-18)27-23(32)14-3-1-5-17(9-14)30(33)34/h1-12H,13H2,(H,27,32)(H,28,29,31). The van der Waals surface area contributed by atoms with E-state index < -0.39 is 10.8 Å². The highest BCUT2D eigenvalue weighted by Gasteiger charge is 2.13. The molecule has 36 heavy (non-hydrogen) atoms. The summed E-state index contributed by atoms with van der Waals surface area (Å²) in [6.45, 7) is 0. The molecule has 0 bridgehead atoms. The molecule has 0 fully saturated rings. The molecule has 0 aliphatic rings. The summed E-state index contributed by atoms with van der Waals surface area (Å²) in [5.74, 6) is -0.591. The van der Waals surface area contributed by atoms with Gasteiger partial charge in [-0.25, -0.2) is 4.98 Å². The van der Waals surface area contributed by atoms with E-state index in [9.17, 15) is 19.7 Å². The van der Waals surface area contributed by atoms with Crippen LogP contribution < -0.4 is 10.6 Å². The summed E-state index contributed by atoms with van der Waals surface area (Å²) < 4.78 is 0. The number of rotatable bonds is 8. The number of carbonyl (C=O) groups is 2. The predicted octanol–water partition coefficient (Wildman–Crippen LogP) is 7.01. The Morgan fingerprint density at radius 1 is 1.03 bits per heavy atom. The first kappa shape index (κ1) is 25.6. The topological polar surface area (TPSA) is 114 Å². The molecule has 0 aliphatic carbocycles. The molecule has 2 N–H and O–H groups in total. The zero-order valence-electron chi connectivity index (χ0n) is 18.2. The third-order valence-corrected chi connectivity index (χ3v) is 7.04. The molecular formula is C24H16Cl2N4O4S2. The Kier molecular flexibility index (Phi) is 8.21. The maximum absolute atomic E-state index is 12.5. The number of nitrogens with zero attached hydrogens (tertiary/aromatic N) is 2. The van der Waals surface area contributed by atoms with Crippen molar-refractivity contribution in [3.63, 3.8) is 0 Å². The van der Waals surface area contributed by atoms with Crippen molar-refractivity contribution in [2.24, 2.45) is 0 Å². The van der Waals surface area contributed by atoms with E-state index in [-0.39, 0.29) is 22.9 Å². The van der Waals surface area contributed by atoms with E-state index in [1.54, 1.807) is 41.8 Å². The molecule has 0 unspecified atom stereocenters. The molecule has 4 rings (SSSR count). The van der Waals surface area contributed by atoms with Gasteiger partial charge in [-0.1, -0.05) is 35.3 Å². The normalized spacial score (nSPS) is 10.6. The lowest BCUT2D eigenvalue weighted by atomic mass is 10.2. The molecule has 0 saturated carbocycles. The number of aromatic nitrogens is 1. The predicted molar refractivity (Wildman–Crippen MR) is 144 cm³/mol. The minimum absolute atomic E-state index is 0.124. The van der Waals surface area contributed by atoms with Crippen LogP contribution in [-0.4, -0.2) is 27.5 Å². The van der Waals surface area contributed by atoms with E-state index in [0.717, 1.165) is 10.5 Å². The first-order valence-corrected chi connectivity index (χ1v) is 12.9. The SMILES string of the molecule is O=C(CSc1cccc(NC(=O)c2cccc([N+](=O)[O-])c2)c1)Nc1nc(-c2ccc(Cl)cc2Cl)cs1. The molecule has 1 heterocycles. The number of nitrogens with one attached hydrogen (secondary N) is 2. The van der Waals surface area contributed by atoms with Crippen LogP contribution in [0.1, 0.15) is 10.4 Å². The van der Waals surface area contributed by atoms with Crippen LogP contribution in [0.5, 0.6) is 0 Å². The summed E-state index contributed by atoms with van der Waals surface area (Å²) in [4.78, 5) is 40.5. The molecule has 0 radical (unpaired) electrons. The van der Waals surface area contributed by atoms with Crippen molar-refractivity contribution in [3.05, 3.63) is 97.8 Å². The molecule has 4 aromatic rings. The molecule has 2 amide bonds. The van der Waals surface area contributed by atoms with Crippen LogP contribution in [0.2, 0.25) is 10.0 Å². The van der Waals surface area contributed by atoms with Crippen LogP contribution in [0.25, 0.3) is 11.3 Å². The number of hydrogen-bond donors (Lipinski definition) is 2. The Balaban J connectivity index is 1.33. The van der Waals surface area contributed by atoms with Crippen molar-refractivity contribution in [1.29, 1.82) is 0 Å². The maximum atomic E-state index is 12.5. The van der Waals surface area contributed by atoms with Gasteiger partial charge in [0.15, 0.2) is 5.13 Å². The number of amides is 2. The van der Waals surface area contributed by atoms with Gasteiger partial charge >= 0.3 is 0 Å². The van der Waals surface area contributed by atoms with E-state index in [1.165, 1.54) is 47.4 Å². The number of hydrogen-bond acceptors (Lipinski definition) is 7. The summed E-state index contributed by atoms with van der Waals surface area (Å²) in [5.41, 5.74) is 1.86. The second kappa shape index (κ2) is 11.5. The largest absolute Gasteiger partial charge is 0.322 e. The number of carbonyl (C=O) groups excluding carboxylic acids is 2. The van der Waals surface area contributed by atoms with E-state index in [2.05, 4.69) is 15.6 Å². The molecule has 0 saturated heterocycles. The highest BCUT2D eigenvalue weighted by Crippen LogP contribution is 2.32. The van der Waals surface area contributed by atoms with Crippen LogP contribution in [0.3, 0.4) is 0 Å². The third kappa shape index (κ3) is 6.61. The molecule has 0 atom stereocenters. The van der Waals surface area contributed by atoms with E-state index in [1.807, 2.05) is 6.07 Å². The number of nitro benzene ring substituents is 1. The van der Waals surface area contributed by atoms with Crippen molar-refractivity contribution in [2.45, 2.75) is 4.90 Å². The highest BCUT2D eigenvalue weighted by atomic mass is 35.5. The van der Waals surface area contributed by atoms with Crippen molar-refractivity contribution in [3.8, 4) is 11.3 Å². The van der Waals surface area contributed by atoms with Gasteiger partial charge < -0.3 is 10.6 Å². The van der Waals surface area contributed by atoms with Crippen molar-refractivity contribution >= 4 is 74.6 Å². The smallest absolute Gasteiger partial charge is 0.270 e. The summed E-state index contributed by atoms with van der Waals surface area (Å²) in [6.07, 6.45) is 0. The van der Waals surface area contributed by atoms with Gasteiger partial charge in [-0.2, -0.15) is 0 Å². The van der Waals surface area contributed by atoms with Gasteiger partial charge in [0.2, 0.25) is 5.91 Å². The second-order valence-electron chi connectivity index (χ2n) is 7.29. The number of non-ortho nitro benzene ring substituents is 1. The number of thiazole rings is 1. The average molecular weight is 559 g/mol. The number of benzene rings is 3. The van der Waals surface area contributed by atoms with Crippen molar-refractivity contribution in [1.82, 2.24) is 4.98 Å². The van der Waals surface area contributed by atoms with Gasteiger partial charge in [-0.3, -0.25) is 19.7 Å². The van der Waals surface area contributed by atoms with E-state index >= 15 is 0 Å². The van der Waals surface area contributed by atoms with Gasteiger partial charge in [0.25, 0.3) is 11.6 Å². The minimum Gasteiger partial charge on any atom is -0.322 e. The molecule has 0 spiro atoms. The summed E-state index contributed by atoms with van der Waals surface area (Å²) in [7, 11) is 0. The van der Waals surface area contributed by atoms with Gasteiger partial charge in [0.05, 0.1) is 21.4 Å². The van der Waals surface area contributed by atoms with E-state index in [4.69, 9.17) is 23.2 Å². The van der Waals surface area contributed by atoms with Crippen LogP contribution in [0, 0.1) is 10.1 Å². The Morgan fingerprint density at radius 3 is 2.61 bits per heavy atom. The van der Waals surface area contributed by atoms with Crippen LogP contribution in [0.4, 0.5) is 16.5 Å². The van der Waals surface area contributed by atoms with Gasteiger partial charge in [-0.05, 0) is 42.5 Å². The fourth-order valence-electron chi connectivity index (χ4n) is 3.08. The molecule has 3 aromatic carbocycles. The highest BCUT2D eigenvalue weighted by molar-refractivity contribution is 8.00. The lowest BCUT2D eigenvalue weighted by Crippen LogP contribution is -2.14. The summed E-state index contributed by atoms with van der Waals surface area (Å²) in [5, 5.41) is 19.7. The van der Waals surface area contributed by atoms with Gasteiger partial charge in [0, 0.05) is 44.2 Å². The van der Waals surface area contributed by atoms with Crippen LogP contribution >= 0.6 is 46.3 Å². The molecule has 0 aliphatic heterocycles. The van der Waals surface area contributed by atoms with Crippen molar-refractivity contribution < 1.29 is 14.5 Å². The molecule has 1 aromatic heterocycles. The van der Waals surface area contributed by atoms with E-state index in [0.29, 0.717) is 26.6 Å². The zero-order chi connectivity index (χ0) is 25.7. The number of halogens is 2. The number of anilines is 2. The van der Waals surface area contributed by atoms with Gasteiger partial charge in [0.1, 0.15) is 0 Å². The summed E-state index contributed by atoms with van der Waals surface area (Å²) >= 11 is 14.7. The average Bonchev–Trinajstić information content (AvgIpc) is 3.31. The van der Waals surface area contributed by atoms with Crippen molar-refractivity contribution in [2.75, 3.05) is 16.4 Å². The fraction of sp³-hybridized carbons (Fsp3) is 0.0417. The third-order valence-electron chi connectivity index (χ3n) is 4.74. The molecule has 8 nitrogen and oxygen atoms in total. The van der Waals surface area contributed by atoms with Crippen LogP contribution in [-0.2, 0) is 4.79 Å². The minimum atomic E-state index is -0.557. The molecule has 12 heteroatoms. The maximum Gasteiger partial charge on any atom is 0.270 e. The zero-order valence-corrected chi connectivity index (χ0v) is 21.4. The Bertz CT molecular complexity index is 1460. The quantitative estimate of drug-likeness (QED) is 0.136. The number of nitro groups is 1. The Morgan fingerprint density at radius 2 is 1.83 bits per heavy atom. The molecular weight excluding hydrogens is 543 g/mol. The van der Waals surface area contributed by atoms with Gasteiger partial charge in [-0.15, -0.1) is 23.1 Å². The first-order valence-electron chi connectivity index (χ1n) is 10.3.